The molecular weight excluding hydrogens is 405 g/mol. The first-order valence-corrected chi connectivity index (χ1v) is 8.41. The fourth-order valence-corrected chi connectivity index (χ4v) is 2.54. The molecule has 4 aromatic rings. The summed E-state index contributed by atoms with van der Waals surface area (Å²) in [4.78, 5) is 20.2. The molecule has 0 unspecified atom stereocenters. The number of aryl methyl sites for hydroxylation is 1. The number of carbonyl (C=O) groups is 1. The maximum absolute atomic E-state index is 12.7. The number of carbonyl (C=O) groups excluding carboxylic acids is 1. The fraction of sp³-hybridized carbons (Fsp3) is 0.118. The summed E-state index contributed by atoms with van der Waals surface area (Å²) in [6.07, 6.45) is -1.73. The Bertz CT molecular complexity index is 1200. The van der Waals surface area contributed by atoms with Crippen LogP contribution >= 0.6 is 0 Å². The summed E-state index contributed by atoms with van der Waals surface area (Å²) in [6, 6.07) is 6.33. The van der Waals surface area contributed by atoms with Gasteiger partial charge in [-0.15, -0.1) is 0 Å². The number of fused-ring (bicyclic) bond motifs is 1. The number of aromatic nitrogens is 6. The molecule has 4 rings (SSSR count). The summed E-state index contributed by atoms with van der Waals surface area (Å²) in [5, 5.41) is 15.3. The van der Waals surface area contributed by atoms with Gasteiger partial charge in [0, 0.05) is 18.8 Å². The van der Waals surface area contributed by atoms with Crippen LogP contribution < -0.4 is 15.4 Å². The van der Waals surface area contributed by atoms with E-state index in [-0.39, 0.29) is 5.82 Å². The highest BCUT2D eigenvalue weighted by Crippen LogP contribution is 2.30. The molecule has 3 N–H and O–H groups in total. The van der Waals surface area contributed by atoms with Gasteiger partial charge in [-0.2, -0.15) is 23.4 Å². The van der Waals surface area contributed by atoms with E-state index in [1.54, 1.807) is 24.3 Å². The molecule has 0 saturated heterocycles. The van der Waals surface area contributed by atoms with Crippen LogP contribution in [-0.2, 0) is 13.2 Å². The maximum Gasteiger partial charge on any atom is 0.435 e. The number of H-pyrrole nitrogens is 1. The molecule has 2 amide bonds. The normalized spacial score (nSPS) is 11.5. The van der Waals surface area contributed by atoms with E-state index in [2.05, 4.69) is 35.9 Å². The summed E-state index contributed by atoms with van der Waals surface area (Å²) >= 11 is 0. The zero-order valence-electron chi connectivity index (χ0n) is 15.2. The van der Waals surface area contributed by atoms with Gasteiger partial charge in [-0.05, 0) is 24.3 Å². The molecule has 3 aromatic heterocycles. The first kappa shape index (κ1) is 19.2. The smallest absolute Gasteiger partial charge is 0.435 e. The molecule has 1 aromatic carbocycles. The lowest BCUT2D eigenvalue weighted by molar-refractivity contribution is -0.141. The summed E-state index contributed by atoms with van der Waals surface area (Å²) in [5.41, 5.74) is -0.175. The number of rotatable bonds is 4. The predicted molar refractivity (Wildman–Crippen MR) is 99.1 cm³/mol. The van der Waals surface area contributed by atoms with Gasteiger partial charge >= 0.3 is 12.2 Å². The second kappa shape index (κ2) is 7.35. The highest BCUT2D eigenvalue weighted by atomic mass is 19.4. The monoisotopic (exact) mass is 418 g/mol. The van der Waals surface area contributed by atoms with Crippen molar-refractivity contribution >= 4 is 28.6 Å². The van der Waals surface area contributed by atoms with E-state index < -0.39 is 17.9 Å². The van der Waals surface area contributed by atoms with E-state index in [9.17, 15) is 18.0 Å². The number of anilines is 2. The van der Waals surface area contributed by atoms with Crippen LogP contribution in [0.4, 0.5) is 29.5 Å². The predicted octanol–water partition coefficient (Wildman–Crippen LogP) is 3.54. The van der Waals surface area contributed by atoms with Crippen LogP contribution in [-0.4, -0.2) is 36.0 Å². The number of hydrogen-bond acceptors (Lipinski definition) is 6. The van der Waals surface area contributed by atoms with Gasteiger partial charge < -0.3 is 10.1 Å². The molecule has 13 heteroatoms. The number of nitrogens with zero attached hydrogens (tertiary/aromatic N) is 5. The first-order chi connectivity index (χ1) is 14.3. The summed E-state index contributed by atoms with van der Waals surface area (Å²) in [7, 11) is 1.29. The van der Waals surface area contributed by atoms with E-state index in [0.29, 0.717) is 28.4 Å². The number of urea groups is 1. The van der Waals surface area contributed by atoms with Crippen molar-refractivity contribution in [1.29, 1.82) is 0 Å². The third-order valence-electron chi connectivity index (χ3n) is 3.95. The standard InChI is InChI=1S/C17H13F3N8O2/c1-28-13(6-12(27-28)17(18,19)20)25-16(29)24-9-2-4-10(5-3-9)30-15-11-7-23-26-14(11)21-8-22-15/h2-8H,1H3,(H2,24,25,29)(H,21,22,23,26). The van der Waals surface area contributed by atoms with Crippen molar-refractivity contribution in [3.05, 3.63) is 48.5 Å². The number of nitrogens with one attached hydrogen (secondary N) is 3. The molecule has 154 valence electrons. The van der Waals surface area contributed by atoms with E-state index in [1.165, 1.54) is 19.6 Å². The van der Waals surface area contributed by atoms with Crippen LogP contribution in [0.5, 0.6) is 11.6 Å². The number of ether oxygens (including phenoxy) is 1. The van der Waals surface area contributed by atoms with Gasteiger partial charge in [0.05, 0.1) is 6.20 Å². The molecule has 3 heterocycles. The molecule has 0 bridgehead atoms. The summed E-state index contributed by atoms with van der Waals surface area (Å²) < 4.78 is 44.7. The van der Waals surface area contributed by atoms with Crippen LogP contribution in [0.2, 0.25) is 0 Å². The van der Waals surface area contributed by atoms with Crippen molar-refractivity contribution in [2.24, 2.45) is 7.05 Å². The van der Waals surface area contributed by atoms with Gasteiger partial charge in [0.2, 0.25) is 5.88 Å². The van der Waals surface area contributed by atoms with Crippen molar-refractivity contribution in [2.75, 3.05) is 10.6 Å². The number of benzene rings is 1. The molecule has 0 aliphatic carbocycles. The Labute approximate surface area is 166 Å². The van der Waals surface area contributed by atoms with E-state index in [1.807, 2.05) is 0 Å². The van der Waals surface area contributed by atoms with Crippen molar-refractivity contribution < 1.29 is 22.7 Å². The Morgan fingerprint density at radius 2 is 1.93 bits per heavy atom. The van der Waals surface area contributed by atoms with Gasteiger partial charge in [-0.1, -0.05) is 0 Å². The Kier molecular flexibility index (Phi) is 4.69. The highest BCUT2D eigenvalue weighted by Gasteiger charge is 2.34. The lowest BCUT2D eigenvalue weighted by Crippen LogP contribution is -2.20. The molecule has 0 spiro atoms. The third kappa shape index (κ3) is 3.99. The van der Waals surface area contributed by atoms with Crippen molar-refractivity contribution in [3.8, 4) is 11.6 Å². The molecule has 30 heavy (non-hydrogen) atoms. The van der Waals surface area contributed by atoms with Gasteiger partial charge in [-0.25, -0.2) is 14.8 Å². The molecule has 0 atom stereocenters. The van der Waals surface area contributed by atoms with E-state index >= 15 is 0 Å². The number of amides is 2. The fourth-order valence-electron chi connectivity index (χ4n) is 2.54. The maximum atomic E-state index is 12.7. The second-order valence-electron chi connectivity index (χ2n) is 6.05. The molecular formula is C17H13F3N8O2. The molecule has 0 aliphatic heterocycles. The molecule has 0 saturated carbocycles. The molecule has 0 radical (unpaired) electrons. The topological polar surface area (TPSA) is 123 Å². The third-order valence-corrected chi connectivity index (χ3v) is 3.95. The number of aromatic amines is 1. The largest absolute Gasteiger partial charge is 0.438 e. The molecule has 0 aliphatic rings. The SMILES string of the molecule is Cn1nc(C(F)(F)F)cc1NC(=O)Nc1ccc(Oc2ncnc3[nH]ncc23)cc1. The second-order valence-corrected chi connectivity index (χ2v) is 6.05. The van der Waals surface area contributed by atoms with Gasteiger partial charge in [0.25, 0.3) is 0 Å². The van der Waals surface area contributed by atoms with Crippen molar-refractivity contribution in [2.45, 2.75) is 6.18 Å². The quantitative estimate of drug-likeness (QED) is 0.466. The van der Waals surface area contributed by atoms with Crippen molar-refractivity contribution in [3.63, 3.8) is 0 Å². The van der Waals surface area contributed by atoms with Gasteiger partial charge in [-0.3, -0.25) is 15.1 Å². The average Bonchev–Trinajstić information content (AvgIpc) is 3.31. The Hall–Kier alpha value is -4.16. The van der Waals surface area contributed by atoms with Crippen LogP contribution in [0.1, 0.15) is 5.69 Å². The van der Waals surface area contributed by atoms with Crippen LogP contribution in [0.3, 0.4) is 0 Å². The van der Waals surface area contributed by atoms with E-state index in [0.717, 1.165) is 10.7 Å². The number of alkyl halides is 3. The van der Waals surface area contributed by atoms with Gasteiger partial charge in [0.15, 0.2) is 11.3 Å². The molecule has 0 fully saturated rings. The van der Waals surface area contributed by atoms with E-state index in [4.69, 9.17) is 4.74 Å². The summed E-state index contributed by atoms with van der Waals surface area (Å²) in [6.45, 7) is 0. The zero-order chi connectivity index (χ0) is 21.3. The van der Waals surface area contributed by atoms with Crippen LogP contribution in [0.25, 0.3) is 11.0 Å². The van der Waals surface area contributed by atoms with Crippen LogP contribution in [0, 0.1) is 0 Å². The minimum absolute atomic E-state index is 0.104. The zero-order valence-corrected chi connectivity index (χ0v) is 15.2. The lowest BCUT2D eigenvalue weighted by atomic mass is 10.3. The van der Waals surface area contributed by atoms with Gasteiger partial charge in [0.1, 0.15) is 23.3 Å². The average molecular weight is 418 g/mol. The Morgan fingerprint density at radius 3 is 2.63 bits per heavy atom. The van der Waals surface area contributed by atoms with Crippen LogP contribution in [0.15, 0.2) is 42.9 Å². The minimum atomic E-state index is -4.60. The summed E-state index contributed by atoms with van der Waals surface area (Å²) in [5.74, 6) is 0.653. The number of hydrogen-bond donors (Lipinski definition) is 3. The lowest BCUT2D eigenvalue weighted by Gasteiger charge is -2.09. The van der Waals surface area contributed by atoms with Crippen molar-refractivity contribution in [1.82, 2.24) is 29.9 Å². The highest BCUT2D eigenvalue weighted by molar-refractivity contribution is 5.99. The Morgan fingerprint density at radius 1 is 1.17 bits per heavy atom. The number of halogens is 3. The first-order valence-electron chi connectivity index (χ1n) is 8.41. The minimum Gasteiger partial charge on any atom is -0.438 e. The Balaban J connectivity index is 1.40. The molecule has 10 nitrogen and oxygen atoms in total.